The number of carbonyl (C=O) groups is 1. The molecule has 2 N–H and O–H groups in total. The van der Waals surface area contributed by atoms with Gasteiger partial charge < -0.3 is 28.8 Å². The van der Waals surface area contributed by atoms with Gasteiger partial charge in [0.05, 0.1) is 44.2 Å². The Kier molecular flexibility index (Phi) is 10.5. The maximum atomic E-state index is 13.1. The van der Waals surface area contributed by atoms with E-state index >= 15 is 0 Å². The van der Waals surface area contributed by atoms with Crippen molar-refractivity contribution in [2.75, 3.05) is 19.8 Å². The number of benzene rings is 1. The molecule has 6 rings (SSSR count). The maximum Gasteiger partial charge on any atom is 0.419 e. The second-order valence-corrected chi connectivity index (χ2v) is 22.9. The number of aliphatic hydroxyl groups is 1. The SMILES string of the molecule is C=S(=O)(NC(=O)OC(C)(C)C)c1ccc(-c2ccc(-c3nc4c(cc3Cl)nc(O[C@@H]3CO[C@H]5[C@@H]3OC[C@H]5O)n4COCC[Si](C)(C)C)cc2)nc1. The second kappa shape index (κ2) is 14.4. The quantitative estimate of drug-likeness (QED) is 0.112. The van der Waals surface area contributed by atoms with Crippen molar-refractivity contribution in [2.45, 2.75) is 88.1 Å². The van der Waals surface area contributed by atoms with Crippen LogP contribution >= 0.6 is 11.6 Å². The van der Waals surface area contributed by atoms with Crippen molar-refractivity contribution in [3.63, 3.8) is 0 Å². The summed E-state index contributed by atoms with van der Waals surface area (Å²) in [7, 11) is -4.50. The van der Waals surface area contributed by atoms with Crippen LogP contribution in [0, 0.1) is 0 Å². The zero-order valence-electron chi connectivity index (χ0n) is 29.6. The van der Waals surface area contributed by atoms with Crippen LogP contribution in [0.25, 0.3) is 33.7 Å². The summed E-state index contributed by atoms with van der Waals surface area (Å²) >= 11 is 6.79. The molecule has 5 atom stereocenters. The van der Waals surface area contributed by atoms with Gasteiger partial charge in [-0.1, -0.05) is 55.5 Å². The fourth-order valence-electron chi connectivity index (χ4n) is 5.67. The van der Waals surface area contributed by atoms with E-state index in [0.29, 0.717) is 40.2 Å². The smallest absolute Gasteiger partial charge is 0.419 e. The van der Waals surface area contributed by atoms with Crippen molar-refractivity contribution >= 4 is 52.5 Å². The average Bonchev–Trinajstić information content (AvgIpc) is 3.72. The third-order valence-corrected chi connectivity index (χ3v) is 11.8. The Morgan fingerprint density at radius 2 is 1.80 bits per heavy atom. The first-order chi connectivity index (χ1) is 24.0. The Bertz CT molecular complexity index is 2000. The minimum atomic E-state index is -3.18. The summed E-state index contributed by atoms with van der Waals surface area (Å²) in [6.45, 7) is 13.2. The molecule has 3 aromatic heterocycles. The number of amides is 1. The molecule has 16 heteroatoms. The molecule has 2 aliphatic heterocycles. The van der Waals surface area contributed by atoms with E-state index in [-0.39, 0.29) is 24.8 Å². The van der Waals surface area contributed by atoms with Gasteiger partial charge in [-0.15, -0.1) is 0 Å². The van der Waals surface area contributed by atoms with Gasteiger partial charge in [-0.3, -0.25) is 9.55 Å². The molecular weight excluding hydrogens is 714 g/mol. The number of hydrogen-bond acceptors (Lipinski definition) is 11. The van der Waals surface area contributed by atoms with E-state index in [1.54, 1.807) is 43.5 Å². The Labute approximate surface area is 303 Å². The number of nitrogens with zero attached hydrogens (tertiary/aromatic N) is 4. The van der Waals surface area contributed by atoms with Crippen LogP contribution in [0.1, 0.15) is 20.8 Å². The van der Waals surface area contributed by atoms with Crippen molar-refractivity contribution < 1.29 is 37.8 Å². The fraction of sp³-hybridized carbons (Fsp3) is 0.457. The highest BCUT2D eigenvalue weighted by Crippen LogP contribution is 2.34. The molecule has 274 valence electrons. The summed E-state index contributed by atoms with van der Waals surface area (Å²) in [5.74, 6) is 3.68. The molecule has 2 aliphatic rings. The summed E-state index contributed by atoms with van der Waals surface area (Å²) in [5, 5.41) is 10.6. The van der Waals surface area contributed by atoms with Crippen LogP contribution in [0.15, 0.2) is 53.6 Å². The molecule has 0 radical (unpaired) electrons. The minimum absolute atomic E-state index is 0.170. The van der Waals surface area contributed by atoms with Crippen molar-refractivity contribution in [1.82, 2.24) is 24.2 Å². The molecule has 51 heavy (non-hydrogen) atoms. The van der Waals surface area contributed by atoms with Crippen molar-refractivity contribution in [2.24, 2.45) is 0 Å². The second-order valence-electron chi connectivity index (χ2n) is 14.9. The van der Waals surface area contributed by atoms with E-state index in [9.17, 15) is 14.1 Å². The van der Waals surface area contributed by atoms with Gasteiger partial charge in [-0.05, 0) is 50.9 Å². The number of aliphatic hydroxyl groups excluding tert-OH is 1. The van der Waals surface area contributed by atoms with Gasteiger partial charge in [0.2, 0.25) is 0 Å². The maximum absolute atomic E-state index is 13.1. The first-order valence-electron chi connectivity index (χ1n) is 16.6. The number of fused-ring (bicyclic) bond motifs is 2. The van der Waals surface area contributed by atoms with E-state index in [2.05, 4.69) is 35.2 Å². The summed E-state index contributed by atoms with van der Waals surface area (Å²) in [5.41, 5.74) is 3.07. The molecule has 2 saturated heterocycles. The molecule has 4 aromatic rings. The number of aromatic nitrogens is 4. The third kappa shape index (κ3) is 8.73. The summed E-state index contributed by atoms with van der Waals surface area (Å²) in [6, 6.07) is 13.9. The largest absolute Gasteiger partial charge is 0.456 e. The van der Waals surface area contributed by atoms with Gasteiger partial charge in [-0.2, -0.15) is 4.98 Å². The highest BCUT2D eigenvalue weighted by atomic mass is 35.5. The van der Waals surface area contributed by atoms with Crippen LogP contribution in [0.4, 0.5) is 4.79 Å². The third-order valence-electron chi connectivity index (χ3n) is 8.31. The Morgan fingerprint density at radius 1 is 1.10 bits per heavy atom. The number of rotatable bonds is 11. The van der Waals surface area contributed by atoms with Gasteiger partial charge in [0.25, 0.3) is 0 Å². The average molecular weight is 758 g/mol. The zero-order chi connectivity index (χ0) is 36.7. The molecule has 0 spiro atoms. The number of imidazole rings is 1. The fourth-order valence-corrected chi connectivity index (χ4v) is 7.62. The zero-order valence-corrected chi connectivity index (χ0v) is 32.1. The Balaban J connectivity index is 1.23. The van der Waals surface area contributed by atoms with E-state index in [1.807, 2.05) is 24.3 Å². The topological polar surface area (TPSA) is 156 Å². The molecule has 1 aromatic carbocycles. The van der Waals surface area contributed by atoms with Gasteiger partial charge in [0.1, 0.15) is 36.2 Å². The Hall–Kier alpha value is -3.57. The summed E-state index contributed by atoms with van der Waals surface area (Å²) in [4.78, 5) is 26.6. The first-order valence-corrected chi connectivity index (χ1v) is 22.5. The van der Waals surface area contributed by atoms with Gasteiger partial charge in [0.15, 0.2) is 11.8 Å². The van der Waals surface area contributed by atoms with Crippen LogP contribution in [0.3, 0.4) is 0 Å². The molecule has 0 saturated carbocycles. The first kappa shape index (κ1) is 37.2. The molecule has 1 unspecified atom stereocenters. The predicted molar refractivity (Wildman–Crippen MR) is 198 cm³/mol. The summed E-state index contributed by atoms with van der Waals surface area (Å²) < 4.78 is 46.5. The number of ether oxygens (including phenoxy) is 5. The van der Waals surface area contributed by atoms with E-state index < -0.39 is 53.9 Å². The number of hydrogen-bond donors (Lipinski definition) is 2. The highest BCUT2D eigenvalue weighted by molar-refractivity contribution is 7.99. The lowest BCUT2D eigenvalue weighted by molar-refractivity contribution is 0.00336. The van der Waals surface area contributed by atoms with Gasteiger partial charge in [-0.25, -0.2) is 18.7 Å². The molecule has 1 amide bonds. The lowest BCUT2D eigenvalue weighted by atomic mass is 10.1. The molecular formula is C35H44ClN5O8SSi. The van der Waals surface area contributed by atoms with Crippen LogP contribution in [-0.4, -0.2) is 98.7 Å². The standard InChI is InChI=1S/C35H44ClN5O8SSi/c1-35(2,3)49-34(43)40-50(4,44)23-12-13-25(37-17-23)21-8-10-22(11-9-21)29-24(36)16-26-32(39-29)41(20-45-14-15-51(5,6)7)33(38-26)48-28-19-47-30-27(42)18-46-31(28)30/h8-13,16-17,27-28,30-31,42H,4,14-15,18-20H2,1-3,5-7H3,(H,40,43,44)/t27-,28-,30-,31-,50?/m1/s1. The number of nitrogens with one attached hydrogen (secondary N) is 1. The predicted octanol–water partition coefficient (Wildman–Crippen LogP) is 5.55. The lowest BCUT2D eigenvalue weighted by Crippen LogP contribution is -2.36. The Morgan fingerprint density at radius 3 is 2.47 bits per heavy atom. The molecule has 0 bridgehead atoms. The summed E-state index contributed by atoms with van der Waals surface area (Å²) in [6.07, 6.45) is -1.41. The lowest BCUT2D eigenvalue weighted by Gasteiger charge is -2.20. The van der Waals surface area contributed by atoms with Crippen molar-refractivity contribution in [1.29, 1.82) is 0 Å². The van der Waals surface area contributed by atoms with Crippen LogP contribution in [0.2, 0.25) is 30.7 Å². The van der Waals surface area contributed by atoms with E-state index in [0.717, 1.165) is 17.2 Å². The van der Waals surface area contributed by atoms with Crippen LogP contribution in [-0.2, 0) is 35.4 Å². The van der Waals surface area contributed by atoms with Crippen molar-refractivity contribution in [3.05, 3.63) is 53.7 Å². The minimum Gasteiger partial charge on any atom is -0.456 e. The molecule has 0 aliphatic carbocycles. The van der Waals surface area contributed by atoms with E-state index in [1.165, 1.54) is 6.20 Å². The van der Waals surface area contributed by atoms with Crippen LogP contribution in [0.5, 0.6) is 6.01 Å². The monoisotopic (exact) mass is 757 g/mol. The molecule has 2 fully saturated rings. The number of pyridine rings is 2. The normalized spacial score (nSPS) is 21.7. The number of carbonyl (C=O) groups excluding carboxylic acids is 1. The van der Waals surface area contributed by atoms with E-state index in [4.69, 9.17) is 45.3 Å². The molecule has 13 nitrogen and oxygen atoms in total. The highest BCUT2D eigenvalue weighted by Gasteiger charge is 2.49. The van der Waals surface area contributed by atoms with Crippen molar-refractivity contribution in [3.8, 4) is 28.5 Å². The van der Waals surface area contributed by atoms with Gasteiger partial charge in [0, 0.05) is 32.0 Å². The number of halogens is 1. The van der Waals surface area contributed by atoms with Gasteiger partial charge >= 0.3 is 12.1 Å². The van der Waals surface area contributed by atoms with Crippen LogP contribution < -0.4 is 9.46 Å². The molecule has 5 heterocycles.